The van der Waals surface area contributed by atoms with Gasteiger partial charge in [0.2, 0.25) is 5.91 Å². The Labute approximate surface area is 146 Å². The fraction of sp³-hybridized carbons (Fsp3) is 0.812. The van der Waals surface area contributed by atoms with Crippen molar-refractivity contribution >= 4 is 18.0 Å². The molecular weight excluding hydrogens is 332 g/mol. The summed E-state index contributed by atoms with van der Waals surface area (Å²) in [6.45, 7) is 6.27. The Morgan fingerprint density at radius 2 is 1.80 bits per heavy atom. The minimum absolute atomic E-state index is 0.221. The molecule has 0 aromatic rings. The highest BCUT2D eigenvalue weighted by molar-refractivity contribution is 5.87. The van der Waals surface area contributed by atoms with Crippen LogP contribution in [0.2, 0.25) is 0 Å². The topological polar surface area (TPSA) is 103 Å². The summed E-state index contributed by atoms with van der Waals surface area (Å²) >= 11 is 0. The second kappa shape index (κ2) is 8.01. The Hall–Kier alpha value is -1.87. The van der Waals surface area contributed by atoms with Gasteiger partial charge in [0.05, 0.1) is 38.8 Å². The molecule has 1 heterocycles. The molecule has 1 aliphatic heterocycles. The molecule has 25 heavy (non-hydrogen) atoms. The third-order valence-corrected chi connectivity index (χ3v) is 4.42. The number of rotatable bonds is 4. The van der Waals surface area contributed by atoms with Crippen LogP contribution in [-0.4, -0.2) is 61.7 Å². The van der Waals surface area contributed by atoms with Crippen LogP contribution in [0.1, 0.15) is 33.6 Å². The normalized spacial score (nSPS) is 24.4. The van der Waals surface area contributed by atoms with Crippen LogP contribution in [0, 0.1) is 11.8 Å². The van der Waals surface area contributed by atoms with E-state index < -0.39 is 35.6 Å². The predicted octanol–water partition coefficient (Wildman–Crippen LogP) is 0.827. The van der Waals surface area contributed by atoms with Crippen LogP contribution >= 0.6 is 0 Å². The maximum atomic E-state index is 13.0. The molecule has 2 atom stereocenters. The number of ether oxygens (including phenoxy) is 4. The number of carbonyl (C=O) groups is 3. The van der Waals surface area contributed by atoms with E-state index in [1.54, 1.807) is 20.8 Å². The van der Waals surface area contributed by atoms with Gasteiger partial charge in [0.25, 0.3) is 0 Å². The van der Waals surface area contributed by atoms with E-state index in [0.29, 0.717) is 13.2 Å². The largest absolute Gasteiger partial charge is 0.466 e. The summed E-state index contributed by atoms with van der Waals surface area (Å²) < 4.78 is 21.0. The summed E-state index contributed by atoms with van der Waals surface area (Å²) in [4.78, 5) is 36.9. The molecular formula is C16H26N2O7. The average molecular weight is 358 g/mol. The van der Waals surface area contributed by atoms with Crippen molar-refractivity contribution in [2.45, 2.75) is 45.4 Å². The SMILES string of the molecule is CCOC(=O)C1CC2(CC1C(=O)N(NC(=O)OC)C(C)C)OCCO2. The first-order chi connectivity index (χ1) is 11.8. The number of methoxy groups -OCH3 is 1. The van der Waals surface area contributed by atoms with Crippen molar-refractivity contribution in [3.05, 3.63) is 0 Å². The van der Waals surface area contributed by atoms with Gasteiger partial charge in [0, 0.05) is 18.9 Å². The van der Waals surface area contributed by atoms with Crippen molar-refractivity contribution < 1.29 is 33.3 Å². The van der Waals surface area contributed by atoms with Crippen molar-refractivity contribution in [3.63, 3.8) is 0 Å². The van der Waals surface area contributed by atoms with Crippen LogP contribution in [0.4, 0.5) is 4.79 Å². The molecule has 1 N–H and O–H groups in total. The Bertz CT molecular complexity index is 517. The standard InChI is InChI=1S/C16H26N2O7/c1-5-23-14(20)12-9-16(24-6-7-25-16)8-11(12)13(19)18(10(2)3)17-15(21)22-4/h10-12H,5-9H2,1-4H3,(H,17,21). The second-order valence-corrected chi connectivity index (χ2v) is 6.39. The van der Waals surface area contributed by atoms with Crippen molar-refractivity contribution in [1.82, 2.24) is 10.4 Å². The van der Waals surface area contributed by atoms with Gasteiger partial charge in [-0.25, -0.2) is 15.2 Å². The molecule has 1 saturated heterocycles. The van der Waals surface area contributed by atoms with E-state index in [9.17, 15) is 14.4 Å². The van der Waals surface area contributed by atoms with Crippen LogP contribution in [0.5, 0.6) is 0 Å². The molecule has 9 nitrogen and oxygen atoms in total. The number of esters is 1. The minimum atomic E-state index is -0.939. The molecule has 0 bridgehead atoms. The van der Waals surface area contributed by atoms with Crippen molar-refractivity contribution in [1.29, 1.82) is 0 Å². The van der Waals surface area contributed by atoms with Gasteiger partial charge in [0.1, 0.15) is 0 Å². The monoisotopic (exact) mass is 358 g/mol. The van der Waals surface area contributed by atoms with Crippen LogP contribution < -0.4 is 5.43 Å². The maximum absolute atomic E-state index is 13.0. The molecule has 1 saturated carbocycles. The molecule has 0 radical (unpaired) electrons. The van der Waals surface area contributed by atoms with E-state index in [1.165, 1.54) is 12.1 Å². The first-order valence-corrected chi connectivity index (χ1v) is 8.45. The van der Waals surface area contributed by atoms with E-state index in [0.717, 1.165) is 0 Å². The Morgan fingerprint density at radius 1 is 1.20 bits per heavy atom. The fourth-order valence-electron chi connectivity index (χ4n) is 3.29. The highest BCUT2D eigenvalue weighted by Gasteiger charge is 2.56. The fourth-order valence-corrected chi connectivity index (χ4v) is 3.29. The zero-order chi connectivity index (χ0) is 18.6. The molecule has 0 aromatic carbocycles. The molecule has 1 aliphatic carbocycles. The lowest BCUT2D eigenvalue weighted by atomic mass is 9.94. The Kier molecular flexibility index (Phi) is 6.23. The zero-order valence-corrected chi connectivity index (χ0v) is 15.1. The first-order valence-electron chi connectivity index (χ1n) is 8.45. The summed E-state index contributed by atoms with van der Waals surface area (Å²) in [6, 6.07) is -0.323. The molecule has 2 aliphatic rings. The number of hydrogen-bond donors (Lipinski definition) is 1. The summed E-state index contributed by atoms with van der Waals surface area (Å²) in [5, 5.41) is 1.18. The Balaban J connectivity index is 2.22. The smallest absolute Gasteiger partial charge is 0.425 e. The highest BCUT2D eigenvalue weighted by atomic mass is 16.7. The maximum Gasteiger partial charge on any atom is 0.425 e. The summed E-state index contributed by atoms with van der Waals surface area (Å²) in [6.07, 6.45) is -0.260. The Morgan fingerprint density at radius 3 is 2.32 bits per heavy atom. The van der Waals surface area contributed by atoms with Crippen molar-refractivity contribution in [2.24, 2.45) is 11.8 Å². The van der Waals surface area contributed by atoms with Gasteiger partial charge >= 0.3 is 12.1 Å². The molecule has 2 fully saturated rings. The number of hydrogen-bond acceptors (Lipinski definition) is 7. The number of nitrogens with zero attached hydrogens (tertiary/aromatic N) is 1. The third kappa shape index (κ3) is 4.21. The quantitative estimate of drug-likeness (QED) is 0.586. The first kappa shape index (κ1) is 19.5. The summed E-state index contributed by atoms with van der Waals surface area (Å²) in [5.74, 6) is -3.19. The van der Waals surface area contributed by atoms with Gasteiger partial charge in [0.15, 0.2) is 5.79 Å². The van der Waals surface area contributed by atoms with Crippen LogP contribution in [0.25, 0.3) is 0 Å². The van der Waals surface area contributed by atoms with E-state index in [4.69, 9.17) is 14.2 Å². The van der Waals surface area contributed by atoms with Crippen molar-refractivity contribution in [2.75, 3.05) is 26.9 Å². The zero-order valence-electron chi connectivity index (χ0n) is 15.1. The molecule has 2 amide bonds. The van der Waals surface area contributed by atoms with Gasteiger partial charge in [-0.15, -0.1) is 0 Å². The van der Waals surface area contributed by atoms with Crippen LogP contribution in [0.3, 0.4) is 0 Å². The van der Waals surface area contributed by atoms with Gasteiger partial charge < -0.3 is 18.9 Å². The summed E-state index contributed by atoms with van der Waals surface area (Å²) in [5.41, 5.74) is 2.40. The third-order valence-electron chi connectivity index (χ3n) is 4.42. The second-order valence-electron chi connectivity index (χ2n) is 6.39. The lowest BCUT2D eigenvalue weighted by Gasteiger charge is -2.30. The molecule has 1 spiro atoms. The molecule has 9 heteroatoms. The van der Waals surface area contributed by atoms with Crippen LogP contribution in [-0.2, 0) is 28.5 Å². The minimum Gasteiger partial charge on any atom is -0.466 e. The lowest BCUT2D eigenvalue weighted by molar-refractivity contribution is -0.162. The van der Waals surface area contributed by atoms with Gasteiger partial charge in [-0.3, -0.25) is 9.59 Å². The average Bonchev–Trinajstić information content (AvgIpc) is 3.19. The molecule has 2 rings (SSSR count). The highest BCUT2D eigenvalue weighted by Crippen LogP contribution is 2.46. The molecule has 142 valence electrons. The molecule has 0 aromatic heterocycles. The van der Waals surface area contributed by atoms with Gasteiger partial charge in [-0.05, 0) is 20.8 Å². The predicted molar refractivity (Wildman–Crippen MR) is 85.0 cm³/mol. The number of amides is 2. The molecule has 2 unspecified atom stereocenters. The summed E-state index contributed by atoms with van der Waals surface area (Å²) in [7, 11) is 1.21. The van der Waals surface area contributed by atoms with E-state index in [2.05, 4.69) is 10.2 Å². The number of nitrogens with one attached hydrogen (secondary N) is 1. The lowest BCUT2D eigenvalue weighted by Crippen LogP contribution is -2.53. The van der Waals surface area contributed by atoms with E-state index in [1.807, 2.05) is 0 Å². The number of hydrazine groups is 1. The van der Waals surface area contributed by atoms with E-state index >= 15 is 0 Å². The number of carbonyl (C=O) groups excluding carboxylic acids is 3. The van der Waals surface area contributed by atoms with Gasteiger partial charge in [-0.2, -0.15) is 0 Å². The van der Waals surface area contributed by atoms with E-state index in [-0.39, 0.29) is 25.5 Å². The van der Waals surface area contributed by atoms with Gasteiger partial charge in [-0.1, -0.05) is 0 Å². The van der Waals surface area contributed by atoms with Crippen molar-refractivity contribution in [3.8, 4) is 0 Å². The van der Waals surface area contributed by atoms with Crippen LogP contribution in [0.15, 0.2) is 0 Å².